The number of ether oxygens (including phenoxy) is 1. The minimum absolute atomic E-state index is 0.0514. The number of hydrogen-bond acceptors (Lipinski definition) is 4. The van der Waals surface area contributed by atoms with E-state index < -0.39 is 5.97 Å². The van der Waals surface area contributed by atoms with Crippen molar-refractivity contribution in [2.45, 2.75) is 31.6 Å². The summed E-state index contributed by atoms with van der Waals surface area (Å²) in [5.74, 6) is 0.148. The Morgan fingerprint density at radius 2 is 2.08 bits per heavy atom. The number of carbonyl (C=O) groups excluding carboxylic acids is 1. The molecule has 0 unspecified atom stereocenters. The molecule has 1 fully saturated rings. The Labute approximate surface area is 146 Å². The summed E-state index contributed by atoms with van der Waals surface area (Å²) in [4.78, 5) is 29.9. The molecule has 2 aromatic rings. The first-order valence-corrected chi connectivity index (χ1v) is 8.45. The van der Waals surface area contributed by atoms with Gasteiger partial charge in [-0.1, -0.05) is 0 Å². The average Bonchev–Trinajstić information content (AvgIpc) is 3.44. The van der Waals surface area contributed by atoms with Crippen molar-refractivity contribution in [3.63, 3.8) is 0 Å². The van der Waals surface area contributed by atoms with Gasteiger partial charge in [-0.2, -0.15) is 0 Å². The van der Waals surface area contributed by atoms with E-state index in [2.05, 4.69) is 0 Å². The molecule has 1 saturated carbocycles. The maximum absolute atomic E-state index is 12.9. The smallest absolute Gasteiger partial charge is 0.303 e. The zero-order valence-corrected chi connectivity index (χ0v) is 14.5. The number of benzene rings is 1. The predicted molar refractivity (Wildman–Crippen MR) is 94.1 cm³/mol. The van der Waals surface area contributed by atoms with Crippen LogP contribution in [0.15, 0.2) is 24.3 Å². The zero-order chi connectivity index (χ0) is 18.0. The van der Waals surface area contributed by atoms with Crippen molar-refractivity contribution in [1.29, 1.82) is 0 Å². The van der Waals surface area contributed by atoms with E-state index in [-0.39, 0.29) is 12.3 Å². The largest absolute Gasteiger partial charge is 0.497 e. The van der Waals surface area contributed by atoms with Crippen LogP contribution in [0.4, 0.5) is 0 Å². The standard InChI is InChI=1S/C19H22N2O4/c1-21(9-3-4-18(22)23)19(24)15-11-17(12-5-6-12)20-16-8-7-13(25-2)10-14(15)16/h7-8,10-12H,3-6,9H2,1-2H3,(H,22,23). The quantitative estimate of drug-likeness (QED) is 0.836. The van der Waals surface area contributed by atoms with Gasteiger partial charge in [-0.25, -0.2) is 0 Å². The van der Waals surface area contributed by atoms with E-state index in [9.17, 15) is 9.59 Å². The third kappa shape index (κ3) is 3.90. The summed E-state index contributed by atoms with van der Waals surface area (Å²) in [6, 6.07) is 7.44. The van der Waals surface area contributed by atoms with Gasteiger partial charge >= 0.3 is 5.97 Å². The Bertz CT molecular complexity index is 814. The Morgan fingerprint density at radius 1 is 1.32 bits per heavy atom. The van der Waals surface area contributed by atoms with Gasteiger partial charge in [0.25, 0.3) is 5.91 Å². The molecular formula is C19H22N2O4. The molecule has 0 bridgehead atoms. The van der Waals surface area contributed by atoms with Crippen LogP contribution < -0.4 is 4.74 Å². The summed E-state index contributed by atoms with van der Waals surface area (Å²) >= 11 is 0. The second-order valence-electron chi connectivity index (χ2n) is 6.48. The maximum atomic E-state index is 12.9. The topological polar surface area (TPSA) is 79.7 Å². The lowest BCUT2D eigenvalue weighted by Gasteiger charge is -2.18. The second kappa shape index (κ2) is 7.09. The molecule has 0 saturated heterocycles. The van der Waals surface area contributed by atoms with E-state index in [0.717, 1.165) is 29.4 Å². The van der Waals surface area contributed by atoms with E-state index in [1.807, 2.05) is 24.3 Å². The van der Waals surface area contributed by atoms with Crippen LogP contribution in [-0.4, -0.2) is 47.6 Å². The number of nitrogens with zero attached hydrogens (tertiary/aromatic N) is 2. The number of amides is 1. The van der Waals surface area contributed by atoms with E-state index in [0.29, 0.717) is 30.2 Å². The zero-order valence-electron chi connectivity index (χ0n) is 14.5. The molecule has 6 heteroatoms. The molecule has 1 N–H and O–H groups in total. The normalized spacial score (nSPS) is 13.7. The average molecular weight is 342 g/mol. The summed E-state index contributed by atoms with van der Waals surface area (Å²) in [6.45, 7) is 0.400. The molecule has 0 aliphatic heterocycles. The molecule has 1 aliphatic rings. The number of carboxylic acid groups (broad SMARTS) is 1. The molecule has 132 valence electrons. The molecule has 0 radical (unpaired) electrons. The fraction of sp³-hybridized carbons (Fsp3) is 0.421. The van der Waals surface area contributed by atoms with E-state index in [4.69, 9.17) is 14.8 Å². The summed E-state index contributed by atoms with van der Waals surface area (Å²) in [6.07, 6.45) is 2.70. The fourth-order valence-corrected chi connectivity index (χ4v) is 2.89. The Balaban J connectivity index is 1.94. The van der Waals surface area contributed by atoms with Crippen molar-refractivity contribution in [3.8, 4) is 5.75 Å². The van der Waals surface area contributed by atoms with E-state index in [1.54, 1.807) is 19.1 Å². The SMILES string of the molecule is COc1ccc2nc(C3CC3)cc(C(=O)N(C)CCCC(=O)O)c2c1. The van der Waals surface area contributed by atoms with Crippen LogP contribution in [0, 0.1) is 0 Å². The monoisotopic (exact) mass is 342 g/mol. The van der Waals surface area contributed by atoms with Crippen LogP contribution in [-0.2, 0) is 4.79 Å². The number of carboxylic acids is 1. The van der Waals surface area contributed by atoms with Crippen LogP contribution in [0.5, 0.6) is 5.75 Å². The number of rotatable bonds is 7. The highest BCUT2D eigenvalue weighted by Gasteiger charge is 2.27. The van der Waals surface area contributed by atoms with Crippen LogP contribution in [0.2, 0.25) is 0 Å². The second-order valence-corrected chi connectivity index (χ2v) is 6.48. The van der Waals surface area contributed by atoms with E-state index in [1.165, 1.54) is 0 Å². The predicted octanol–water partition coefficient (Wildman–Crippen LogP) is 3.06. The Morgan fingerprint density at radius 3 is 2.72 bits per heavy atom. The van der Waals surface area contributed by atoms with Gasteiger partial charge in [0.1, 0.15) is 5.75 Å². The molecule has 1 aromatic heterocycles. The number of methoxy groups -OCH3 is 1. The lowest BCUT2D eigenvalue weighted by atomic mass is 10.0. The van der Waals surface area contributed by atoms with Crippen LogP contribution in [0.3, 0.4) is 0 Å². The van der Waals surface area contributed by atoms with Gasteiger partial charge in [0, 0.05) is 37.0 Å². The minimum Gasteiger partial charge on any atom is -0.497 e. The van der Waals surface area contributed by atoms with Gasteiger partial charge in [0.2, 0.25) is 0 Å². The van der Waals surface area contributed by atoms with Gasteiger partial charge < -0.3 is 14.7 Å². The summed E-state index contributed by atoms with van der Waals surface area (Å²) in [5.41, 5.74) is 2.34. The molecular weight excluding hydrogens is 320 g/mol. The molecule has 6 nitrogen and oxygen atoms in total. The molecule has 1 aliphatic carbocycles. The van der Waals surface area contributed by atoms with Crippen molar-refractivity contribution in [3.05, 3.63) is 35.5 Å². The number of carbonyl (C=O) groups is 2. The third-order valence-corrected chi connectivity index (χ3v) is 4.49. The van der Waals surface area contributed by atoms with Crippen molar-refractivity contribution in [1.82, 2.24) is 9.88 Å². The highest BCUT2D eigenvalue weighted by atomic mass is 16.5. The van der Waals surface area contributed by atoms with E-state index >= 15 is 0 Å². The number of fused-ring (bicyclic) bond motifs is 1. The van der Waals surface area contributed by atoms with Crippen LogP contribution in [0.25, 0.3) is 10.9 Å². The van der Waals surface area contributed by atoms with Crippen molar-refractivity contribution >= 4 is 22.8 Å². The molecule has 1 amide bonds. The van der Waals surface area contributed by atoms with Crippen molar-refractivity contribution < 1.29 is 19.4 Å². The first-order chi connectivity index (χ1) is 12.0. The van der Waals surface area contributed by atoms with Crippen molar-refractivity contribution in [2.75, 3.05) is 20.7 Å². The lowest BCUT2D eigenvalue weighted by Crippen LogP contribution is -2.28. The molecule has 0 spiro atoms. The molecule has 0 atom stereocenters. The summed E-state index contributed by atoms with van der Waals surface area (Å²) < 4.78 is 5.28. The lowest BCUT2D eigenvalue weighted by molar-refractivity contribution is -0.137. The highest BCUT2D eigenvalue weighted by Crippen LogP contribution is 2.40. The van der Waals surface area contributed by atoms with Crippen LogP contribution >= 0.6 is 0 Å². The Kier molecular flexibility index (Phi) is 4.88. The molecule has 3 rings (SSSR count). The first kappa shape index (κ1) is 17.2. The third-order valence-electron chi connectivity index (χ3n) is 4.49. The number of aliphatic carboxylic acids is 1. The first-order valence-electron chi connectivity index (χ1n) is 8.45. The van der Waals surface area contributed by atoms with Gasteiger partial charge in [0.05, 0.1) is 18.2 Å². The van der Waals surface area contributed by atoms with Gasteiger partial charge in [-0.3, -0.25) is 14.6 Å². The Hall–Kier alpha value is -2.63. The van der Waals surface area contributed by atoms with Gasteiger partial charge in [-0.05, 0) is 43.5 Å². The maximum Gasteiger partial charge on any atom is 0.303 e. The number of pyridine rings is 1. The van der Waals surface area contributed by atoms with Gasteiger partial charge in [0.15, 0.2) is 0 Å². The number of hydrogen-bond donors (Lipinski definition) is 1. The van der Waals surface area contributed by atoms with Gasteiger partial charge in [-0.15, -0.1) is 0 Å². The highest BCUT2D eigenvalue weighted by molar-refractivity contribution is 6.06. The molecule has 1 heterocycles. The van der Waals surface area contributed by atoms with Crippen molar-refractivity contribution in [2.24, 2.45) is 0 Å². The minimum atomic E-state index is -0.851. The molecule has 1 aromatic carbocycles. The summed E-state index contributed by atoms with van der Waals surface area (Å²) in [5, 5.41) is 9.52. The molecule has 25 heavy (non-hydrogen) atoms. The number of aromatic nitrogens is 1. The van der Waals surface area contributed by atoms with Crippen LogP contribution in [0.1, 0.15) is 47.7 Å². The summed E-state index contributed by atoms with van der Waals surface area (Å²) in [7, 11) is 3.29. The fourth-order valence-electron chi connectivity index (χ4n) is 2.89.